The van der Waals surface area contributed by atoms with E-state index in [1.165, 1.54) is 4.31 Å². The Morgan fingerprint density at radius 1 is 0.833 bits per heavy atom. The fraction of sp³-hybridized carbons (Fsp3) is 0.138. The van der Waals surface area contributed by atoms with Crippen LogP contribution in [0.2, 0.25) is 5.02 Å². The Morgan fingerprint density at radius 3 is 2.00 bits per heavy atom. The summed E-state index contributed by atoms with van der Waals surface area (Å²) in [4.78, 5) is 13.2. The van der Waals surface area contributed by atoms with E-state index in [-0.39, 0.29) is 18.5 Å². The van der Waals surface area contributed by atoms with E-state index < -0.39 is 10.0 Å². The molecule has 1 N–H and O–H groups in total. The molecule has 0 saturated heterocycles. The van der Waals surface area contributed by atoms with Crippen molar-refractivity contribution in [3.05, 3.63) is 136 Å². The molecule has 0 bridgehead atoms. The molecule has 0 aliphatic rings. The number of aryl methyl sites for hydroxylation is 1. The van der Waals surface area contributed by atoms with Crippen molar-refractivity contribution in [2.75, 3.05) is 10.6 Å². The van der Waals surface area contributed by atoms with Crippen molar-refractivity contribution in [3.8, 4) is 0 Å². The molecule has 0 aliphatic heterocycles. The van der Waals surface area contributed by atoms with Gasteiger partial charge in [-0.2, -0.15) is 0 Å². The van der Waals surface area contributed by atoms with E-state index in [2.05, 4.69) is 5.32 Å². The van der Waals surface area contributed by atoms with Crippen LogP contribution in [0.3, 0.4) is 0 Å². The van der Waals surface area contributed by atoms with Crippen molar-refractivity contribution < 1.29 is 13.2 Å². The zero-order valence-electron chi connectivity index (χ0n) is 20.1. The average Bonchev–Trinajstić information content (AvgIpc) is 2.87. The molecule has 4 aromatic carbocycles. The number of carbonyl (C=O) groups excluding carboxylic acids is 1. The van der Waals surface area contributed by atoms with Crippen molar-refractivity contribution in [1.29, 1.82) is 0 Å². The summed E-state index contributed by atoms with van der Waals surface area (Å²) in [6.07, 6.45) is 1.16. The zero-order chi connectivity index (χ0) is 25.7. The number of nitrogens with one attached hydrogen (secondary N) is 1. The van der Waals surface area contributed by atoms with Gasteiger partial charge in [0.05, 0.1) is 24.5 Å². The Kier molecular flexibility index (Phi) is 7.77. The summed E-state index contributed by atoms with van der Waals surface area (Å²) in [6.45, 7) is 2.18. The predicted molar refractivity (Wildman–Crippen MR) is 146 cm³/mol. The molecule has 36 heavy (non-hydrogen) atoms. The maximum Gasteiger partial charge on any atom is 0.252 e. The Bertz CT molecular complexity index is 1420. The monoisotopic (exact) mass is 518 g/mol. The van der Waals surface area contributed by atoms with Gasteiger partial charge in [0.1, 0.15) is 0 Å². The van der Waals surface area contributed by atoms with E-state index in [1.807, 2.05) is 61.5 Å². The smallest absolute Gasteiger partial charge is 0.252 e. The Hall–Kier alpha value is -3.61. The van der Waals surface area contributed by atoms with Crippen LogP contribution < -0.4 is 9.62 Å². The maximum atomic E-state index is 13.2. The first-order chi connectivity index (χ1) is 17.2. The second kappa shape index (κ2) is 11.0. The van der Waals surface area contributed by atoms with E-state index in [0.717, 1.165) is 28.5 Å². The number of anilines is 1. The first kappa shape index (κ1) is 25.5. The average molecular weight is 519 g/mol. The summed E-state index contributed by atoms with van der Waals surface area (Å²) >= 11 is 5.95. The molecular formula is C29H27ClN2O3S. The van der Waals surface area contributed by atoms with Gasteiger partial charge in [-0.15, -0.1) is 0 Å². The van der Waals surface area contributed by atoms with Crippen LogP contribution in [0.25, 0.3) is 0 Å². The molecule has 1 atom stereocenters. The fourth-order valence-corrected chi connectivity index (χ4v) is 4.93. The minimum atomic E-state index is -3.55. The van der Waals surface area contributed by atoms with Crippen molar-refractivity contribution in [3.63, 3.8) is 0 Å². The summed E-state index contributed by atoms with van der Waals surface area (Å²) in [5.41, 5.74) is 4.80. The largest absolute Gasteiger partial charge is 0.341 e. The van der Waals surface area contributed by atoms with E-state index in [4.69, 9.17) is 11.6 Å². The normalized spacial score (nSPS) is 12.1. The number of benzene rings is 4. The van der Waals surface area contributed by atoms with Gasteiger partial charge < -0.3 is 5.32 Å². The molecule has 0 fully saturated rings. The minimum absolute atomic E-state index is 0.158. The number of nitrogens with zero attached hydrogens (tertiary/aromatic N) is 1. The number of hydrogen-bond donors (Lipinski definition) is 1. The summed E-state index contributed by atoms with van der Waals surface area (Å²) in [6, 6.07) is 31.1. The van der Waals surface area contributed by atoms with Crippen LogP contribution in [-0.2, 0) is 16.6 Å². The Morgan fingerprint density at radius 2 is 1.42 bits per heavy atom. The standard InChI is InChI=1S/C29H27ClN2O3S/c1-21-8-12-24(13-9-21)28(23-6-4-3-5-7-23)31-29(33)25-14-18-27(19-15-25)32(36(2,34)35)20-22-10-16-26(30)17-11-22/h3-19,28H,20H2,1-2H3,(H,31,33). The molecule has 0 heterocycles. The first-order valence-corrected chi connectivity index (χ1v) is 13.7. The molecule has 0 saturated carbocycles. The third-order valence-corrected chi connectivity index (χ3v) is 7.27. The van der Waals surface area contributed by atoms with Crippen LogP contribution in [0.1, 0.15) is 38.7 Å². The van der Waals surface area contributed by atoms with E-state index >= 15 is 0 Å². The second-order valence-corrected chi connectivity index (χ2v) is 11.0. The SMILES string of the molecule is Cc1ccc(C(NC(=O)c2ccc(N(Cc3ccc(Cl)cc3)S(C)(=O)=O)cc2)c2ccccc2)cc1. The number of amides is 1. The number of rotatable bonds is 8. The lowest BCUT2D eigenvalue weighted by atomic mass is 9.97. The highest BCUT2D eigenvalue weighted by Crippen LogP contribution is 2.25. The van der Waals surface area contributed by atoms with Gasteiger partial charge in [0.15, 0.2) is 0 Å². The van der Waals surface area contributed by atoms with Crippen molar-refractivity contribution in [2.45, 2.75) is 19.5 Å². The molecule has 1 unspecified atom stereocenters. The fourth-order valence-electron chi connectivity index (χ4n) is 3.91. The Balaban J connectivity index is 1.57. The topological polar surface area (TPSA) is 66.5 Å². The van der Waals surface area contributed by atoms with Crippen LogP contribution in [0.15, 0.2) is 103 Å². The van der Waals surface area contributed by atoms with Crippen LogP contribution in [0.5, 0.6) is 0 Å². The maximum absolute atomic E-state index is 13.2. The second-order valence-electron chi connectivity index (χ2n) is 8.67. The highest BCUT2D eigenvalue weighted by molar-refractivity contribution is 7.92. The lowest BCUT2D eigenvalue weighted by Gasteiger charge is -2.23. The van der Waals surface area contributed by atoms with Crippen molar-refractivity contribution >= 4 is 33.2 Å². The quantitative estimate of drug-likeness (QED) is 0.305. The van der Waals surface area contributed by atoms with Gasteiger partial charge in [-0.3, -0.25) is 9.10 Å². The summed E-state index contributed by atoms with van der Waals surface area (Å²) < 4.78 is 26.4. The molecule has 4 aromatic rings. The van der Waals surface area contributed by atoms with Gasteiger partial charge >= 0.3 is 0 Å². The molecule has 0 spiro atoms. The van der Waals surface area contributed by atoms with Crippen molar-refractivity contribution in [2.24, 2.45) is 0 Å². The number of carbonyl (C=O) groups is 1. The minimum Gasteiger partial charge on any atom is -0.341 e. The van der Waals surface area contributed by atoms with E-state index in [0.29, 0.717) is 16.3 Å². The first-order valence-electron chi connectivity index (χ1n) is 11.5. The summed E-state index contributed by atoms with van der Waals surface area (Å²) in [7, 11) is -3.55. The molecule has 5 nitrogen and oxygen atoms in total. The Labute approximate surface area is 217 Å². The highest BCUT2D eigenvalue weighted by atomic mass is 35.5. The molecule has 1 amide bonds. The van der Waals surface area contributed by atoms with Gasteiger partial charge in [-0.1, -0.05) is 83.9 Å². The van der Waals surface area contributed by atoms with Gasteiger partial charge in [-0.25, -0.2) is 8.42 Å². The van der Waals surface area contributed by atoms with E-state index in [1.54, 1.807) is 48.5 Å². The van der Waals surface area contributed by atoms with Crippen LogP contribution in [0.4, 0.5) is 5.69 Å². The summed E-state index contributed by atoms with van der Waals surface area (Å²) in [5.74, 6) is -0.250. The molecule has 0 aromatic heterocycles. The van der Waals surface area contributed by atoms with Crippen LogP contribution >= 0.6 is 11.6 Å². The molecule has 7 heteroatoms. The molecule has 0 radical (unpaired) electrons. The van der Waals surface area contributed by atoms with Gasteiger partial charge in [0.2, 0.25) is 10.0 Å². The summed E-state index contributed by atoms with van der Waals surface area (Å²) in [5, 5.41) is 3.71. The molecule has 184 valence electrons. The molecular weight excluding hydrogens is 492 g/mol. The van der Waals surface area contributed by atoms with Gasteiger partial charge in [0, 0.05) is 10.6 Å². The van der Waals surface area contributed by atoms with Gasteiger partial charge in [-0.05, 0) is 60.0 Å². The number of sulfonamides is 1. The van der Waals surface area contributed by atoms with Gasteiger partial charge in [0.25, 0.3) is 5.91 Å². The lowest BCUT2D eigenvalue weighted by molar-refractivity contribution is 0.0943. The number of hydrogen-bond acceptors (Lipinski definition) is 3. The number of halogens is 1. The van der Waals surface area contributed by atoms with Crippen molar-refractivity contribution in [1.82, 2.24) is 5.32 Å². The third kappa shape index (κ3) is 6.33. The zero-order valence-corrected chi connectivity index (χ0v) is 21.6. The molecule has 0 aliphatic carbocycles. The van der Waals surface area contributed by atoms with Crippen LogP contribution in [0, 0.1) is 6.92 Å². The van der Waals surface area contributed by atoms with Crippen LogP contribution in [-0.4, -0.2) is 20.6 Å². The predicted octanol–water partition coefficient (Wildman–Crippen LogP) is 6.13. The third-order valence-electron chi connectivity index (χ3n) is 5.88. The highest BCUT2D eigenvalue weighted by Gasteiger charge is 2.20. The molecule has 4 rings (SSSR count). The lowest BCUT2D eigenvalue weighted by Crippen LogP contribution is -2.30. The van der Waals surface area contributed by atoms with E-state index in [9.17, 15) is 13.2 Å².